The van der Waals surface area contributed by atoms with E-state index in [1.807, 2.05) is 0 Å². The Kier molecular flexibility index (Phi) is 18.3. The van der Waals surface area contributed by atoms with Gasteiger partial charge in [-0.1, -0.05) is 83.6 Å². The van der Waals surface area contributed by atoms with Gasteiger partial charge in [0.15, 0.2) is 0 Å². The van der Waals surface area contributed by atoms with Crippen molar-refractivity contribution in [3.05, 3.63) is 24.3 Å². The van der Waals surface area contributed by atoms with E-state index in [-0.39, 0.29) is 0 Å². The Balaban J connectivity index is 3.25. The van der Waals surface area contributed by atoms with Gasteiger partial charge in [-0.15, -0.1) is 0 Å². The number of rotatable bonds is 17. The molecule has 0 aromatic rings. The highest BCUT2D eigenvalue weighted by atomic mass is 14.6. The predicted molar refractivity (Wildman–Crippen MR) is 111 cm³/mol. The average molecular weight is 336 g/mol. The Labute approximate surface area is 153 Å². The van der Waals surface area contributed by atoms with Gasteiger partial charge in [-0.3, -0.25) is 0 Å². The van der Waals surface area contributed by atoms with E-state index in [1.165, 1.54) is 83.5 Å². The number of nitrogens with two attached hydrogens (primary N) is 1. The Bertz CT molecular complexity index is 290. The largest absolute Gasteiger partial charge is 0.328 e. The first-order valence-electron chi connectivity index (χ1n) is 10.7. The van der Waals surface area contributed by atoms with E-state index >= 15 is 0 Å². The van der Waals surface area contributed by atoms with Crippen LogP contribution in [0.25, 0.3) is 0 Å². The lowest BCUT2D eigenvalue weighted by Gasteiger charge is -2.12. The smallest absolute Gasteiger partial charge is 0.00389 e. The molecule has 0 aliphatic carbocycles. The van der Waals surface area contributed by atoms with Crippen molar-refractivity contribution >= 4 is 0 Å². The summed E-state index contributed by atoms with van der Waals surface area (Å²) in [7, 11) is 0. The molecule has 142 valence electrons. The standard InChI is InChI=1S/C23H45N/c1-4-5-6-7-8-9-10-11-12-13-14-15-16-17-18-19-23(24)21-20-22(2)3/h8-9,11-12,22-23H,4-7,10,13-21,24H2,1-3H3. The van der Waals surface area contributed by atoms with E-state index in [1.54, 1.807) is 0 Å². The lowest BCUT2D eigenvalue weighted by atomic mass is 9.99. The zero-order chi connectivity index (χ0) is 17.9. The minimum absolute atomic E-state index is 0.436. The summed E-state index contributed by atoms with van der Waals surface area (Å²) in [6, 6.07) is 0.436. The van der Waals surface area contributed by atoms with Crippen molar-refractivity contribution in [2.24, 2.45) is 11.7 Å². The van der Waals surface area contributed by atoms with E-state index in [4.69, 9.17) is 5.73 Å². The fraction of sp³-hybridized carbons (Fsp3) is 0.826. The van der Waals surface area contributed by atoms with Crippen LogP contribution in [-0.2, 0) is 0 Å². The van der Waals surface area contributed by atoms with Gasteiger partial charge in [0, 0.05) is 6.04 Å². The van der Waals surface area contributed by atoms with Gasteiger partial charge in [-0.25, -0.2) is 0 Å². The normalized spacial score (nSPS) is 13.5. The van der Waals surface area contributed by atoms with Gasteiger partial charge in [0.1, 0.15) is 0 Å². The monoisotopic (exact) mass is 335 g/mol. The molecule has 0 fully saturated rings. The van der Waals surface area contributed by atoms with Gasteiger partial charge in [0.05, 0.1) is 0 Å². The second kappa shape index (κ2) is 18.8. The van der Waals surface area contributed by atoms with Crippen molar-refractivity contribution < 1.29 is 0 Å². The Hall–Kier alpha value is -0.560. The van der Waals surface area contributed by atoms with Crippen LogP contribution in [0.4, 0.5) is 0 Å². The zero-order valence-electron chi connectivity index (χ0n) is 16.9. The van der Waals surface area contributed by atoms with Crippen LogP contribution in [0.2, 0.25) is 0 Å². The number of hydrogen-bond donors (Lipinski definition) is 1. The van der Waals surface area contributed by atoms with E-state index in [9.17, 15) is 0 Å². The summed E-state index contributed by atoms with van der Waals surface area (Å²) >= 11 is 0. The van der Waals surface area contributed by atoms with Crippen LogP contribution in [-0.4, -0.2) is 6.04 Å². The van der Waals surface area contributed by atoms with E-state index < -0.39 is 0 Å². The summed E-state index contributed by atoms with van der Waals surface area (Å²) in [5, 5.41) is 0. The van der Waals surface area contributed by atoms with Crippen LogP contribution in [0.5, 0.6) is 0 Å². The minimum Gasteiger partial charge on any atom is -0.328 e. The average Bonchev–Trinajstić information content (AvgIpc) is 2.56. The minimum atomic E-state index is 0.436. The molecule has 24 heavy (non-hydrogen) atoms. The zero-order valence-corrected chi connectivity index (χ0v) is 16.9. The highest BCUT2D eigenvalue weighted by Gasteiger charge is 2.03. The summed E-state index contributed by atoms with van der Waals surface area (Å²) in [6.07, 6.45) is 27.5. The summed E-state index contributed by atoms with van der Waals surface area (Å²) in [5.41, 5.74) is 6.16. The summed E-state index contributed by atoms with van der Waals surface area (Å²) in [6.45, 7) is 6.82. The Morgan fingerprint density at radius 1 is 0.667 bits per heavy atom. The molecule has 0 amide bonds. The maximum absolute atomic E-state index is 6.16. The fourth-order valence-electron chi connectivity index (χ4n) is 2.91. The van der Waals surface area contributed by atoms with Crippen molar-refractivity contribution in [3.63, 3.8) is 0 Å². The summed E-state index contributed by atoms with van der Waals surface area (Å²) < 4.78 is 0. The van der Waals surface area contributed by atoms with Crippen LogP contribution < -0.4 is 5.73 Å². The van der Waals surface area contributed by atoms with Gasteiger partial charge in [-0.2, -0.15) is 0 Å². The van der Waals surface area contributed by atoms with Crippen LogP contribution in [0, 0.1) is 5.92 Å². The first-order chi connectivity index (χ1) is 11.7. The third-order valence-corrected chi connectivity index (χ3v) is 4.64. The molecule has 0 radical (unpaired) electrons. The van der Waals surface area contributed by atoms with Crippen molar-refractivity contribution in [1.82, 2.24) is 0 Å². The Morgan fingerprint density at radius 2 is 1.25 bits per heavy atom. The maximum atomic E-state index is 6.16. The van der Waals surface area contributed by atoms with Gasteiger partial charge in [0.25, 0.3) is 0 Å². The molecular formula is C23H45N. The Morgan fingerprint density at radius 3 is 1.88 bits per heavy atom. The van der Waals surface area contributed by atoms with Gasteiger partial charge >= 0.3 is 0 Å². The first-order valence-corrected chi connectivity index (χ1v) is 10.7. The maximum Gasteiger partial charge on any atom is 0.00389 e. The molecule has 0 rings (SSSR count). The predicted octanol–water partition coefficient (Wildman–Crippen LogP) is 7.56. The molecule has 0 heterocycles. The molecule has 0 aromatic carbocycles. The first kappa shape index (κ1) is 23.4. The van der Waals surface area contributed by atoms with Crippen LogP contribution in [0.15, 0.2) is 24.3 Å². The molecule has 0 spiro atoms. The summed E-state index contributed by atoms with van der Waals surface area (Å²) in [4.78, 5) is 0. The van der Waals surface area contributed by atoms with Crippen LogP contribution >= 0.6 is 0 Å². The molecule has 0 saturated heterocycles. The van der Waals surface area contributed by atoms with Crippen molar-refractivity contribution in [3.8, 4) is 0 Å². The number of allylic oxidation sites excluding steroid dienone is 4. The SMILES string of the molecule is CCCCCC=CCC=CCCCCCCCC(N)CCC(C)C. The van der Waals surface area contributed by atoms with Crippen molar-refractivity contribution in [1.29, 1.82) is 0 Å². The second-order valence-electron chi connectivity index (χ2n) is 7.75. The van der Waals surface area contributed by atoms with E-state index in [2.05, 4.69) is 45.1 Å². The molecule has 1 unspecified atom stereocenters. The highest BCUT2D eigenvalue weighted by Crippen LogP contribution is 2.12. The van der Waals surface area contributed by atoms with Crippen LogP contribution in [0.3, 0.4) is 0 Å². The third-order valence-electron chi connectivity index (χ3n) is 4.64. The molecule has 0 aliphatic heterocycles. The number of unbranched alkanes of at least 4 members (excludes halogenated alkanes) is 8. The quantitative estimate of drug-likeness (QED) is 0.215. The molecule has 0 bridgehead atoms. The van der Waals surface area contributed by atoms with Gasteiger partial charge < -0.3 is 5.73 Å². The van der Waals surface area contributed by atoms with E-state index in [0.717, 1.165) is 12.3 Å². The molecule has 1 atom stereocenters. The molecule has 0 saturated carbocycles. The van der Waals surface area contributed by atoms with Gasteiger partial charge in [0.2, 0.25) is 0 Å². The highest BCUT2D eigenvalue weighted by molar-refractivity contribution is 4.92. The lowest BCUT2D eigenvalue weighted by molar-refractivity contribution is 0.459. The topological polar surface area (TPSA) is 26.0 Å². The molecule has 2 N–H and O–H groups in total. The fourth-order valence-corrected chi connectivity index (χ4v) is 2.91. The summed E-state index contributed by atoms with van der Waals surface area (Å²) in [5.74, 6) is 0.792. The molecule has 1 nitrogen and oxygen atoms in total. The molecule has 0 aliphatic rings. The third kappa shape index (κ3) is 19.5. The van der Waals surface area contributed by atoms with E-state index in [0.29, 0.717) is 6.04 Å². The van der Waals surface area contributed by atoms with Crippen molar-refractivity contribution in [2.75, 3.05) is 0 Å². The molecular weight excluding hydrogens is 290 g/mol. The van der Waals surface area contributed by atoms with Gasteiger partial charge in [-0.05, 0) is 57.3 Å². The van der Waals surface area contributed by atoms with Crippen LogP contribution in [0.1, 0.15) is 111 Å². The second-order valence-corrected chi connectivity index (χ2v) is 7.75. The molecule has 1 heteroatoms. The number of hydrogen-bond acceptors (Lipinski definition) is 1. The molecule has 0 aromatic heterocycles. The van der Waals surface area contributed by atoms with Crippen molar-refractivity contribution in [2.45, 2.75) is 117 Å². The lowest BCUT2D eigenvalue weighted by Crippen LogP contribution is -2.20.